The zero-order chi connectivity index (χ0) is 12.3. The quantitative estimate of drug-likeness (QED) is 0.716. The molecule has 0 unspecified atom stereocenters. The maximum atomic E-state index is 11.9. The van der Waals surface area contributed by atoms with Crippen molar-refractivity contribution in [3.8, 4) is 0 Å². The van der Waals surface area contributed by atoms with Crippen LogP contribution in [0.1, 0.15) is 47.0 Å². The van der Waals surface area contributed by atoms with Gasteiger partial charge in [-0.1, -0.05) is 6.92 Å². The summed E-state index contributed by atoms with van der Waals surface area (Å²) in [7, 11) is 0. The highest BCUT2D eigenvalue weighted by atomic mass is 32.2. The smallest absolute Gasteiger partial charge is 0.314 e. The fraction of sp³-hybridized carbons (Fsp3) is 0.833. The molecule has 0 aromatic carbocycles. The van der Waals surface area contributed by atoms with Crippen molar-refractivity contribution in [1.82, 2.24) is 0 Å². The molecule has 0 heterocycles. The SMILES string of the molecule is CC(=O)OSC(C)(C)[C@@H]1CC[C@H](C)CC1=O. The Balaban J connectivity index is 2.60. The highest BCUT2D eigenvalue weighted by molar-refractivity contribution is 7.96. The van der Waals surface area contributed by atoms with E-state index < -0.39 is 0 Å². The van der Waals surface area contributed by atoms with Crippen molar-refractivity contribution in [3.63, 3.8) is 0 Å². The van der Waals surface area contributed by atoms with E-state index in [-0.39, 0.29) is 16.6 Å². The lowest BCUT2D eigenvalue weighted by molar-refractivity contribution is -0.131. The molecule has 0 amide bonds. The lowest BCUT2D eigenvalue weighted by atomic mass is 9.76. The fourth-order valence-electron chi connectivity index (χ4n) is 2.16. The summed E-state index contributed by atoms with van der Waals surface area (Å²) in [6.45, 7) is 7.44. The molecule has 92 valence electrons. The summed E-state index contributed by atoms with van der Waals surface area (Å²) in [5.41, 5.74) is 0. The first-order valence-corrected chi connectivity index (χ1v) is 6.46. The van der Waals surface area contributed by atoms with Crippen molar-refractivity contribution in [3.05, 3.63) is 0 Å². The molecule has 0 radical (unpaired) electrons. The van der Waals surface area contributed by atoms with E-state index in [1.165, 1.54) is 6.92 Å². The molecule has 1 aliphatic carbocycles. The Morgan fingerprint density at radius 2 is 2.06 bits per heavy atom. The third-order valence-electron chi connectivity index (χ3n) is 3.10. The predicted molar refractivity (Wildman–Crippen MR) is 64.9 cm³/mol. The van der Waals surface area contributed by atoms with E-state index in [9.17, 15) is 9.59 Å². The average molecular weight is 244 g/mol. The van der Waals surface area contributed by atoms with Crippen LogP contribution in [0.5, 0.6) is 0 Å². The molecule has 4 heteroatoms. The minimum absolute atomic E-state index is 0.00745. The molecular weight excluding hydrogens is 224 g/mol. The molecule has 0 aromatic rings. The second kappa shape index (κ2) is 5.21. The Bertz CT molecular complexity index is 286. The first kappa shape index (κ1) is 13.6. The largest absolute Gasteiger partial charge is 0.391 e. The first-order chi connectivity index (χ1) is 7.33. The zero-order valence-electron chi connectivity index (χ0n) is 10.4. The molecule has 0 aromatic heterocycles. The molecule has 1 rings (SSSR count). The number of rotatable bonds is 3. The molecule has 1 saturated carbocycles. The number of hydrogen-bond acceptors (Lipinski definition) is 4. The fourth-order valence-corrected chi connectivity index (χ4v) is 2.86. The van der Waals surface area contributed by atoms with Crippen molar-refractivity contribution >= 4 is 23.8 Å². The Morgan fingerprint density at radius 1 is 1.44 bits per heavy atom. The van der Waals surface area contributed by atoms with E-state index in [1.54, 1.807) is 0 Å². The molecular formula is C12H20O3S. The van der Waals surface area contributed by atoms with Gasteiger partial charge >= 0.3 is 5.97 Å². The molecule has 3 nitrogen and oxygen atoms in total. The van der Waals surface area contributed by atoms with Crippen LogP contribution in [0.25, 0.3) is 0 Å². The van der Waals surface area contributed by atoms with Gasteiger partial charge in [-0.15, -0.1) is 0 Å². The second-order valence-electron chi connectivity index (χ2n) is 5.17. The highest BCUT2D eigenvalue weighted by Crippen LogP contribution is 2.40. The number of ketones is 1. The van der Waals surface area contributed by atoms with Gasteiger partial charge in [0.2, 0.25) is 0 Å². The Morgan fingerprint density at radius 3 is 2.56 bits per heavy atom. The third kappa shape index (κ3) is 3.51. The minimum atomic E-state index is -0.317. The van der Waals surface area contributed by atoms with E-state index in [0.29, 0.717) is 18.1 Å². The topological polar surface area (TPSA) is 43.4 Å². The van der Waals surface area contributed by atoms with Gasteiger partial charge in [0.05, 0.1) is 16.8 Å². The van der Waals surface area contributed by atoms with Gasteiger partial charge in [-0.3, -0.25) is 9.59 Å². The predicted octanol–water partition coefficient (Wildman–Crippen LogP) is 2.98. The van der Waals surface area contributed by atoms with Crippen molar-refractivity contribution in [2.24, 2.45) is 11.8 Å². The van der Waals surface area contributed by atoms with Gasteiger partial charge in [0.15, 0.2) is 0 Å². The van der Waals surface area contributed by atoms with Gasteiger partial charge < -0.3 is 4.18 Å². The highest BCUT2D eigenvalue weighted by Gasteiger charge is 2.40. The number of hydrogen-bond donors (Lipinski definition) is 0. The van der Waals surface area contributed by atoms with Gasteiger partial charge in [0, 0.05) is 19.3 Å². The van der Waals surface area contributed by atoms with Gasteiger partial charge in [-0.05, 0) is 32.6 Å². The van der Waals surface area contributed by atoms with Crippen LogP contribution < -0.4 is 0 Å². The lowest BCUT2D eigenvalue weighted by Crippen LogP contribution is -2.38. The average Bonchev–Trinajstić information content (AvgIpc) is 2.14. The molecule has 0 aliphatic heterocycles. The maximum absolute atomic E-state index is 11.9. The normalized spacial score (nSPS) is 26.6. The van der Waals surface area contributed by atoms with Crippen LogP contribution in [0.4, 0.5) is 0 Å². The minimum Gasteiger partial charge on any atom is -0.391 e. The van der Waals surface area contributed by atoms with Crippen molar-refractivity contribution in [1.29, 1.82) is 0 Å². The van der Waals surface area contributed by atoms with Gasteiger partial charge in [0.1, 0.15) is 5.78 Å². The second-order valence-corrected chi connectivity index (χ2v) is 6.55. The molecule has 16 heavy (non-hydrogen) atoms. The first-order valence-electron chi connectivity index (χ1n) is 5.72. The van der Waals surface area contributed by atoms with Crippen molar-refractivity contribution < 1.29 is 13.8 Å². The van der Waals surface area contributed by atoms with Gasteiger partial charge in [-0.25, -0.2) is 0 Å². The van der Waals surface area contributed by atoms with E-state index in [0.717, 1.165) is 24.9 Å². The summed E-state index contributed by atoms with van der Waals surface area (Å²) in [6, 6.07) is 0. The van der Waals surface area contributed by atoms with E-state index >= 15 is 0 Å². The zero-order valence-corrected chi connectivity index (χ0v) is 11.2. The van der Waals surface area contributed by atoms with Crippen LogP contribution in [-0.2, 0) is 13.8 Å². The standard InChI is InChI=1S/C12H20O3S/c1-8-5-6-10(11(14)7-8)12(3,4)16-15-9(2)13/h8,10H,5-7H2,1-4H3/t8-,10+/m0/s1. The molecule has 0 bridgehead atoms. The van der Waals surface area contributed by atoms with Crippen LogP contribution >= 0.6 is 12.0 Å². The number of carbonyl (C=O) groups is 2. The Labute approximate surface area is 102 Å². The summed E-state index contributed by atoms with van der Waals surface area (Å²) in [4.78, 5) is 22.7. The van der Waals surface area contributed by atoms with Crippen LogP contribution in [0, 0.1) is 11.8 Å². The van der Waals surface area contributed by atoms with Gasteiger partial charge in [-0.2, -0.15) is 0 Å². The Kier molecular flexibility index (Phi) is 4.42. The molecule has 2 atom stereocenters. The lowest BCUT2D eigenvalue weighted by Gasteiger charge is -2.35. The summed E-state index contributed by atoms with van der Waals surface area (Å²) >= 11 is 1.13. The molecule has 1 fully saturated rings. The molecule has 1 aliphatic rings. The Hall–Kier alpha value is -0.510. The summed E-state index contributed by atoms with van der Waals surface area (Å²) in [5.74, 6) is 0.504. The van der Waals surface area contributed by atoms with Crippen molar-refractivity contribution in [2.75, 3.05) is 0 Å². The maximum Gasteiger partial charge on any atom is 0.314 e. The summed E-state index contributed by atoms with van der Waals surface area (Å²) in [5, 5.41) is 0. The number of Topliss-reactive ketones (excluding diaryl/α,β-unsaturated/α-hetero) is 1. The van der Waals surface area contributed by atoms with Crippen LogP contribution in [0.2, 0.25) is 0 Å². The van der Waals surface area contributed by atoms with Gasteiger partial charge in [0.25, 0.3) is 0 Å². The third-order valence-corrected chi connectivity index (χ3v) is 4.13. The van der Waals surface area contributed by atoms with Crippen LogP contribution in [-0.4, -0.2) is 16.5 Å². The molecule has 0 spiro atoms. The number of carbonyl (C=O) groups excluding carboxylic acids is 2. The van der Waals surface area contributed by atoms with E-state index in [2.05, 4.69) is 6.92 Å². The van der Waals surface area contributed by atoms with Crippen LogP contribution in [0.3, 0.4) is 0 Å². The summed E-state index contributed by atoms with van der Waals surface area (Å²) < 4.78 is 4.64. The monoisotopic (exact) mass is 244 g/mol. The summed E-state index contributed by atoms with van der Waals surface area (Å²) in [6.07, 6.45) is 2.65. The molecule has 0 N–H and O–H groups in total. The van der Waals surface area contributed by atoms with E-state index in [1.807, 2.05) is 13.8 Å². The molecule has 0 saturated heterocycles. The van der Waals surface area contributed by atoms with Crippen LogP contribution in [0.15, 0.2) is 0 Å². The van der Waals surface area contributed by atoms with Crippen molar-refractivity contribution in [2.45, 2.75) is 51.7 Å². The van der Waals surface area contributed by atoms with E-state index in [4.69, 9.17) is 4.18 Å².